The van der Waals surface area contributed by atoms with Crippen LogP contribution in [0.5, 0.6) is 0 Å². The number of hydrogen-bond acceptors (Lipinski definition) is 6. The van der Waals surface area contributed by atoms with Gasteiger partial charge in [-0.2, -0.15) is 10.2 Å². The standard InChI is InChI=1S/C21H19ClN4O2S/c1-3-18-19(20(27)25-29-2)24-21(28-18)26(13-15-5-4-6-16(22)11-15)17-9-7-14(12-23)8-10-17/h4-11H,3,13H2,1-2H3,(H,25,27). The highest BCUT2D eigenvalue weighted by atomic mass is 35.5. The van der Waals surface area contributed by atoms with Crippen LogP contribution in [0.4, 0.5) is 11.7 Å². The van der Waals surface area contributed by atoms with E-state index in [0.29, 0.717) is 35.3 Å². The first-order chi connectivity index (χ1) is 14.0. The molecule has 0 saturated carbocycles. The van der Waals surface area contributed by atoms with Crippen LogP contribution in [0.2, 0.25) is 5.02 Å². The summed E-state index contributed by atoms with van der Waals surface area (Å²) in [7, 11) is 0. The van der Waals surface area contributed by atoms with E-state index in [1.54, 1.807) is 18.4 Å². The van der Waals surface area contributed by atoms with Gasteiger partial charge in [-0.1, -0.05) is 42.6 Å². The molecule has 1 aromatic heterocycles. The van der Waals surface area contributed by atoms with Gasteiger partial charge in [0.15, 0.2) is 5.69 Å². The smallest absolute Gasteiger partial charge is 0.303 e. The number of oxazole rings is 1. The largest absolute Gasteiger partial charge is 0.428 e. The quantitative estimate of drug-likeness (QED) is 0.529. The van der Waals surface area contributed by atoms with E-state index in [4.69, 9.17) is 21.3 Å². The molecule has 0 saturated heterocycles. The molecule has 6 nitrogen and oxygen atoms in total. The monoisotopic (exact) mass is 426 g/mol. The molecule has 0 atom stereocenters. The molecule has 148 valence electrons. The number of anilines is 2. The summed E-state index contributed by atoms with van der Waals surface area (Å²) in [4.78, 5) is 18.7. The number of benzene rings is 2. The van der Waals surface area contributed by atoms with Crippen molar-refractivity contribution in [2.45, 2.75) is 19.9 Å². The van der Waals surface area contributed by atoms with E-state index < -0.39 is 0 Å². The number of aryl methyl sites for hydroxylation is 1. The highest BCUT2D eigenvalue weighted by Gasteiger charge is 2.23. The van der Waals surface area contributed by atoms with Crippen molar-refractivity contribution in [2.75, 3.05) is 11.2 Å². The number of rotatable bonds is 7. The van der Waals surface area contributed by atoms with Crippen LogP contribution in [-0.2, 0) is 13.0 Å². The molecule has 0 aliphatic carbocycles. The second kappa shape index (κ2) is 9.50. The maximum atomic E-state index is 12.4. The number of hydrogen-bond donors (Lipinski definition) is 1. The van der Waals surface area contributed by atoms with Crippen molar-refractivity contribution in [1.82, 2.24) is 9.71 Å². The number of amides is 1. The lowest BCUT2D eigenvalue weighted by Crippen LogP contribution is -2.19. The van der Waals surface area contributed by atoms with Crippen molar-refractivity contribution in [3.05, 3.63) is 76.1 Å². The first-order valence-electron chi connectivity index (χ1n) is 8.90. The average Bonchev–Trinajstić information content (AvgIpc) is 3.17. The normalized spacial score (nSPS) is 10.4. The van der Waals surface area contributed by atoms with Crippen molar-refractivity contribution >= 4 is 41.2 Å². The Labute approximate surface area is 178 Å². The molecule has 3 aromatic rings. The fourth-order valence-corrected chi connectivity index (χ4v) is 3.31. The van der Waals surface area contributed by atoms with Crippen LogP contribution in [-0.4, -0.2) is 17.1 Å². The summed E-state index contributed by atoms with van der Waals surface area (Å²) in [5.74, 6) is 0.211. The van der Waals surface area contributed by atoms with Crippen LogP contribution < -0.4 is 9.62 Å². The Balaban J connectivity index is 2.04. The van der Waals surface area contributed by atoms with E-state index in [1.165, 1.54) is 11.9 Å². The van der Waals surface area contributed by atoms with Crippen LogP contribution >= 0.6 is 23.5 Å². The minimum absolute atomic E-state index is 0.265. The zero-order valence-electron chi connectivity index (χ0n) is 16.0. The number of nitriles is 1. The number of nitrogens with one attached hydrogen (secondary N) is 1. The summed E-state index contributed by atoms with van der Waals surface area (Å²) in [5.41, 5.74) is 2.55. The molecular weight excluding hydrogens is 408 g/mol. The maximum Gasteiger partial charge on any atom is 0.303 e. The van der Waals surface area contributed by atoms with Gasteiger partial charge in [0.25, 0.3) is 5.91 Å². The van der Waals surface area contributed by atoms with Gasteiger partial charge in [0.1, 0.15) is 5.76 Å². The van der Waals surface area contributed by atoms with Crippen LogP contribution in [0.15, 0.2) is 52.9 Å². The maximum absolute atomic E-state index is 12.4. The summed E-state index contributed by atoms with van der Waals surface area (Å²) in [6.07, 6.45) is 2.30. The van der Waals surface area contributed by atoms with Crippen molar-refractivity contribution < 1.29 is 9.21 Å². The fraction of sp³-hybridized carbons (Fsp3) is 0.190. The van der Waals surface area contributed by atoms with Crippen LogP contribution in [0.1, 0.15) is 34.3 Å². The van der Waals surface area contributed by atoms with E-state index in [9.17, 15) is 4.79 Å². The third kappa shape index (κ3) is 4.91. The molecule has 0 unspecified atom stereocenters. The van der Waals surface area contributed by atoms with Crippen molar-refractivity contribution in [3.8, 4) is 6.07 Å². The van der Waals surface area contributed by atoms with Crippen molar-refractivity contribution in [3.63, 3.8) is 0 Å². The van der Waals surface area contributed by atoms with E-state index in [-0.39, 0.29) is 11.6 Å². The second-order valence-corrected chi connectivity index (χ2v) is 7.18. The molecule has 0 aliphatic heterocycles. The lowest BCUT2D eigenvalue weighted by molar-refractivity contribution is 0.0978. The molecular formula is C21H19ClN4O2S. The van der Waals surface area contributed by atoms with E-state index in [2.05, 4.69) is 15.8 Å². The minimum atomic E-state index is -0.299. The van der Waals surface area contributed by atoms with Crippen molar-refractivity contribution in [2.24, 2.45) is 0 Å². The Morgan fingerprint density at radius 3 is 2.69 bits per heavy atom. The molecule has 0 fully saturated rings. The SMILES string of the molecule is CCc1oc(N(Cc2cccc(Cl)c2)c2ccc(C#N)cc2)nc1C(=O)NSC. The minimum Gasteiger partial charge on any atom is -0.428 e. The molecule has 0 aliphatic rings. The topological polar surface area (TPSA) is 82.2 Å². The lowest BCUT2D eigenvalue weighted by atomic mass is 10.1. The van der Waals surface area contributed by atoms with Gasteiger partial charge in [0, 0.05) is 23.4 Å². The zero-order chi connectivity index (χ0) is 20.8. The fourth-order valence-electron chi connectivity index (χ4n) is 2.82. The summed E-state index contributed by atoms with van der Waals surface area (Å²) in [6.45, 7) is 2.34. The lowest BCUT2D eigenvalue weighted by Gasteiger charge is -2.21. The zero-order valence-corrected chi connectivity index (χ0v) is 17.5. The van der Waals surface area contributed by atoms with Crippen molar-refractivity contribution in [1.29, 1.82) is 5.26 Å². The third-order valence-corrected chi connectivity index (χ3v) is 4.81. The van der Waals surface area contributed by atoms with E-state index in [0.717, 1.165) is 11.3 Å². The van der Waals surface area contributed by atoms with Crippen LogP contribution in [0.25, 0.3) is 0 Å². The van der Waals surface area contributed by atoms with Gasteiger partial charge in [0.2, 0.25) is 0 Å². The molecule has 0 radical (unpaired) electrons. The predicted molar refractivity (Wildman–Crippen MR) is 115 cm³/mol. The first-order valence-corrected chi connectivity index (χ1v) is 10.5. The van der Waals surface area contributed by atoms with Gasteiger partial charge < -0.3 is 4.42 Å². The summed E-state index contributed by atoms with van der Waals surface area (Å²) < 4.78 is 8.64. The highest BCUT2D eigenvalue weighted by molar-refractivity contribution is 7.97. The number of aromatic nitrogens is 1. The van der Waals surface area contributed by atoms with E-state index in [1.807, 2.05) is 48.2 Å². The Morgan fingerprint density at radius 1 is 1.31 bits per heavy atom. The second-order valence-electron chi connectivity index (χ2n) is 6.13. The molecule has 29 heavy (non-hydrogen) atoms. The van der Waals surface area contributed by atoms with Crippen LogP contribution in [0.3, 0.4) is 0 Å². The predicted octanol–water partition coefficient (Wildman–Crippen LogP) is 5.11. The van der Waals surface area contributed by atoms with Crippen LogP contribution in [0, 0.1) is 11.3 Å². The molecule has 1 N–H and O–H groups in total. The Morgan fingerprint density at radius 2 is 2.07 bits per heavy atom. The molecule has 1 heterocycles. The highest BCUT2D eigenvalue weighted by Crippen LogP contribution is 2.30. The Hall–Kier alpha value is -2.95. The van der Waals surface area contributed by atoms with Gasteiger partial charge in [0.05, 0.1) is 18.2 Å². The van der Waals surface area contributed by atoms with Gasteiger partial charge in [-0.15, -0.1) is 0 Å². The molecule has 1 amide bonds. The molecule has 3 rings (SSSR count). The number of carbonyl (C=O) groups is 1. The molecule has 0 spiro atoms. The summed E-state index contributed by atoms with van der Waals surface area (Å²) >= 11 is 7.35. The number of nitrogens with zero attached hydrogens (tertiary/aromatic N) is 3. The Kier molecular flexibility index (Phi) is 6.81. The van der Waals surface area contributed by atoms with Gasteiger partial charge >= 0.3 is 6.01 Å². The van der Waals surface area contributed by atoms with Gasteiger partial charge in [-0.05, 0) is 42.0 Å². The summed E-state index contributed by atoms with van der Waals surface area (Å²) in [6, 6.07) is 17.0. The summed E-state index contributed by atoms with van der Waals surface area (Å²) in [5, 5.41) is 9.71. The Bertz CT molecular complexity index is 1040. The number of halogens is 1. The molecule has 0 bridgehead atoms. The molecule has 8 heteroatoms. The van der Waals surface area contributed by atoms with E-state index >= 15 is 0 Å². The first kappa shape index (κ1) is 20.8. The molecule has 2 aromatic carbocycles. The van der Waals surface area contributed by atoms with Gasteiger partial charge in [-0.3, -0.25) is 14.4 Å². The number of carbonyl (C=O) groups excluding carboxylic acids is 1. The average molecular weight is 427 g/mol. The third-order valence-electron chi connectivity index (χ3n) is 4.19. The van der Waals surface area contributed by atoms with Gasteiger partial charge in [-0.25, -0.2) is 0 Å².